The van der Waals surface area contributed by atoms with E-state index in [-0.39, 0.29) is 12.7 Å². The van der Waals surface area contributed by atoms with Crippen molar-refractivity contribution in [3.05, 3.63) is 35.3 Å². The predicted molar refractivity (Wildman–Crippen MR) is 89.8 cm³/mol. The minimum atomic E-state index is -0.149. The van der Waals surface area contributed by atoms with Crippen LogP contribution in [-0.4, -0.2) is 27.5 Å². The van der Waals surface area contributed by atoms with Gasteiger partial charge >= 0.3 is 0 Å². The van der Waals surface area contributed by atoms with Crippen LogP contribution in [0.3, 0.4) is 0 Å². The van der Waals surface area contributed by atoms with Crippen LogP contribution in [0.15, 0.2) is 29.6 Å². The Balaban J connectivity index is 1.69. The third kappa shape index (κ3) is 2.61. The lowest BCUT2D eigenvalue weighted by molar-refractivity contribution is -0.114. The lowest BCUT2D eigenvalue weighted by atomic mass is 10.1. The van der Waals surface area contributed by atoms with Gasteiger partial charge in [0.2, 0.25) is 17.8 Å². The predicted octanol–water partition coefficient (Wildman–Crippen LogP) is 2.99. The molecule has 1 aliphatic heterocycles. The van der Waals surface area contributed by atoms with Crippen molar-refractivity contribution in [3.8, 4) is 27.9 Å². The summed E-state index contributed by atoms with van der Waals surface area (Å²) in [6.45, 7) is 3.58. The molecular formula is C16H14N4O3S. The number of carbonyl (C=O) groups is 1. The van der Waals surface area contributed by atoms with Crippen LogP contribution in [0.5, 0.6) is 11.5 Å². The number of rotatable bonds is 3. The number of thiazole rings is 1. The number of carbonyl (C=O) groups excluding carboxylic acids is 1. The van der Waals surface area contributed by atoms with Crippen molar-refractivity contribution in [2.45, 2.75) is 13.8 Å². The summed E-state index contributed by atoms with van der Waals surface area (Å²) >= 11 is 1.45. The topological polar surface area (TPSA) is 78.3 Å². The molecular weight excluding hydrogens is 328 g/mol. The highest BCUT2D eigenvalue weighted by Gasteiger charge is 2.17. The third-order valence-electron chi connectivity index (χ3n) is 3.48. The molecule has 1 aliphatic rings. The largest absolute Gasteiger partial charge is 0.454 e. The van der Waals surface area contributed by atoms with Crippen LogP contribution in [0.2, 0.25) is 0 Å². The van der Waals surface area contributed by atoms with Gasteiger partial charge < -0.3 is 14.8 Å². The van der Waals surface area contributed by atoms with E-state index in [2.05, 4.69) is 15.4 Å². The first-order valence-corrected chi connectivity index (χ1v) is 8.18. The number of amides is 1. The molecule has 122 valence electrons. The number of hydrogen-bond donors (Lipinski definition) is 1. The van der Waals surface area contributed by atoms with E-state index in [0.29, 0.717) is 10.9 Å². The molecule has 0 unspecified atom stereocenters. The average Bonchev–Trinajstić information content (AvgIpc) is 3.24. The number of aryl methyl sites for hydroxylation is 1. The highest BCUT2D eigenvalue weighted by Crippen LogP contribution is 2.36. The summed E-state index contributed by atoms with van der Waals surface area (Å²) in [5.41, 5.74) is 2.56. The van der Waals surface area contributed by atoms with Crippen LogP contribution >= 0.6 is 11.3 Å². The number of fused-ring (bicyclic) bond motifs is 1. The Kier molecular flexibility index (Phi) is 3.46. The van der Waals surface area contributed by atoms with Crippen molar-refractivity contribution in [1.82, 2.24) is 14.8 Å². The van der Waals surface area contributed by atoms with Gasteiger partial charge in [0.15, 0.2) is 11.5 Å². The monoisotopic (exact) mass is 342 g/mol. The number of aromatic nitrogens is 3. The molecule has 0 aliphatic carbocycles. The van der Waals surface area contributed by atoms with Gasteiger partial charge in [-0.25, -0.2) is 4.98 Å². The van der Waals surface area contributed by atoms with Crippen molar-refractivity contribution in [1.29, 1.82) is 0 Å². The van der Waals surface area contributed by atoms with Gasteiger partial charge in [-0.2, -0.15) is 9.78 Å². The molecule has 1 aromatic carbocycles. The fourth-order valence-electron chi connectivity index (χ4n) is 2.46. The molecule has 7 nitrogen and oxygen atoms in total. The van der Waals surface area contributed by atoms with Crippen molar-refractivity contribution in [3.63, 3.8) is 0 Å². The first kappa shape index (κ1) is 14.7. The van der Waals surface area contributed by atoms with Gasteiger partial charge in [-0.05, 0) is 25.1 Å². The average molecular weight is 342 g/mol. The van der Waals surface area contributed by atoms with Crippen LogP contribution in [0, 0.1) is 6.92 Å². The molecule has 0 radical (unpaired) electrons. The number of hydrogen-bond acceptors (Lipinski definition) is 6. The second-order valence-electron chi connectivity index (χ2n) is 5.35. The molecule has 3 aromatic rings. The van der Waals surface area contributed by atoms with E-state index in [4.69, 9.17) is 9.47 Å². The second kappa shape index (κ2) is 5.64. The smallest absolute Gasteiger partial charge is 0.231 e. The van der Waals surface area contributed by atoms with Crippen LogP contribution in [0.25, 0.3) is 16.4 Å². The summed E-state index contributed by atoms with van der Waals surface area (Å²) in [5.74, 6) is 1.91. The van der Waals surface area contributed by atoms with Crippen molar-refractivity contribution in [2.75, 3.05) is 12.1 Å². The van der Waals surface area contributed by atoms with E-state index in [0.717, 1.165) is 28.5 Å². The maximum atomic E-state index is 11.3. The minimum absolute atomic E-state index is 0.149. The van der Waals surface area contributed by atoms with Crippen molar-refractivity contribution >= 4 is 23.1 Å². The van der Waals surface area contributed by atoms with E-state index >= 15 is 0 Å². The van der Waals surface area contributed by atoms with Gasteiger partial charge in [-0.3, -0.25) is 4.79 Å². The Labute approximate surface area is 141 Å². The SMILES string of the molecule is CC(=O)Nc1cc(C)nn1-c1nc(-c2ccc3c(c2)OCO3)cs1. The summed E-state index contributed by atoms with van der Waals surface area (Å²) in [5, 5.41) is 9.80. The molecule has 1 N–H and O–H groups in total. The highest BCUT2D eigenvalue weighted by molar-refractivity contribution is 7.12. The fourth-order valence-corrected chi connectivity index (χ4v) is 3.26. The summed E-state index contributed by atoms with van der Waals surface area (Å²) < 4.78 is 12.4. The van der Waals surface area contributed by atoms with Crippen LogP contribution in [0.1, 0.15) is 12.6 Å². The maximum absolute atomic E-state index is 11.3. The molecule has 3 heterocycles. The number of nitrogens with zero attached hydrogens (tertiary/aromatic N) is 3. The molecule has 4 rings (SSSR count). The van der Waals surface area contributed by atoms with Crippen LogP contribution in [0.4, 0.5) is 5.82 Å². The maximum Gasteiger partial charge on any atom is 0.231 e. The first-order chi connectivity index (χ1) is 11.6. The summed E-state index contributed by atoms with van der Waals surface area (Å²) in [6, 6.07) is 7.53. The van der Waals surface area contributed by atoms with Gasteiger partial charge in [-0.1, -0.05) is 0 Å². The zero-order valence-electron chi connectivity index (χ0n) is 13.1. The summed E-state index contributed by atoms with van der Waals surface area (Å²) in [4.78, 5) is 16.0. The molecule has 8 heteroatoms. The Morgan fingerprint density at radius 3 is 2.96 bits per heavy atom. The number of benzene rings is 1. The van der Waals surface area contributed by atoms with Crippen molar-refractivity contribution in [2.24, 2.45) is 0 Å². The van der Waals surface area contributed by atoms with E-state index in [1.165, 1.54) is 18.3 Å². The van der Waals surface area contributed by atoms with Gasteiger partial charge in [-0.15, -0.1) is 11.3 Å². The Morgan fingerprint density at radius 1 is 1.29 bits per heavy atom. The summed E-state index contributed by atoms with van der Waals surface area (Å²) in [6.07, 6.45) is 0. The molecule has 0 atom stereocenters. The van der Waals surface area contributed by atoms with Gasteiger partial charge in [0, 0.05) is 23.9 Å². The van der Waals surface area contributed by atoms with Crippen LogP contribution < -0.4 is 14.8 Å². The number of anilines is 1. The molecule has 2 aromatic heterocycles. The van der Waals surface area contributed by atoms with E-state index in [9.17, 15) is 4.79 Å². The van der Waals surface area contributed by atoms with E-state index in [1.807, 2.05) is 36.6 Å². The Hall–Kier alpha value is -2.87. The lowest BCUT2D eigenvalue weighted by Crippen LogP contribution is -2.10. The molecule has 0 saturated heterocycles. The molecule has 1 amide bonds. The molecule has 24 heavy (non-hydrogen) atoms. The zero-order valence-corrected chi connectivity index (χ0v) is 13.9. The standard InChI is InChI=1S/C16H14N4O3S/c1-9-5-15(17-10(2)21)20(19-9)16-18-12(7-24-16)11-3-4-13-14(6-11)23-8-22-13/h3-7H,8H2,1-2H3,(H,17,21). The van der Waals surface area contributed by atoms with Gasteiger partial charge in [0.25, 0.3) is 0 Å². The fraction of sp³-hybridized carbons (Fsp3) is 0.188. The number of nitrogens with one attached hydrogen (secondary N) is 1. The quantitative estimate of drug-likeness (QED) is 0.792. The van der Waals surface area contributed by atoms with Gasteiger partial charge in [0.1, 0.15) is 5.82 Å². The Morgan fingerprint density at radius 2 is 2.12 bits per heavy atom. The normalized spacial score (nSPS) is 12.4. The zero-order chi connectivity index (χ0) is 16.7. The highest BCUT2D eigenvalue weighted by atomic mass is 32.1. The second-order valence-corrected chi connectivity index (χ2v) is 6.18. The molecule has 0 saturated carbocycles. The van der Waals surface area contributed by atoms with E-state index < -0.39 is 0 Å². The van der Waals surface area contributed by atoms with Crippen molar-refractivity contribution < 1.29 is 14.3 Å². The summed E-state index contributed by atoms with van der Waals surface area (Å²) in [7, 11) is 0. The first-order valence-electron chi connectivity index (χ1n) is 7.30. The molecule has 0 fully saturated rings. The number of ether oxygens (including phenoxy) is 2. The Bertz CT molecular complexity index is 931. The lowest BCUT2D eigenvalue weighted by Gasteiger charge is -2.03. The van der Waals surface area contributed by atoms with E-state index in [1.54, 1.807) is 4.68 Å². The minimum Gasteiger partial charge on any atom is -0.454 e. The van der Waals surface area contributed by atoms with Crippen LogP contribution in [-0.2, 0) is 4.79 Å². The third-order valence-corrected chi connectivity index (χ3v) is 4.29. The molecule has 0 bridgehead atoms. The molecule has 0 spiro atoms. The van der Waals surface area contributed by atoms with Gasteiger partial charge in [0.05, 0.1) is 11.4 Å².